The van der Waals surface area contributed by atoms with Crippen LogP contribution >= 0.6 is 11.3 Å². The number of likely N-dealkylation sites (tertiary alicyclic amines) is 2. The van der Waals surface area contributed by atoms with Crippen molar-refractivity contribution in [3.63, 3.8) is 0 Å². The third-order valence-corrected chi connectivity index (χ3v) is 7.88. The van der Waals surface area contributed by atoms with Crippen LogP contribution in [0.3, 0.4) is 0 Å². The SMILES string of the molecule is O=C(CCn1cnc2sc3c(c2c1=O)CCCC3)N1CCC(N2CCCC2)C1. The highest BCUT2D eigenvalue weighted by molar-refractivity contribution is 7.18. The van der Waals surface area contributed by atoms with Crippen molar-refractivity contribution in [2.24, 2.45) is 0 Å². The molecule has 5 rings (SSSR count). The van der Waals surface area contributed by atoms with Gasteiger partial charge in [-0.15, -0.1) is 11.3 Å². The van der Waals surface area contributed by atoms with Crippen molar-refractivity contribution >= 4 is 27.5 Å². The molecule has 3 aliphatic rings. The van der Waals surface area contributed by atoms with E-state index in [1.807, 2.05) is 4.90 Å². The standard InChI is InChI=1S/C21H28N4O2S/c26-18(24-11-7-15(13-24)23-9-3-4-10-23)8-12-25-14-22-20-19(21(25)27)16-5-1-2-6-17(16)28-20/h14-15H,1-13H2. The second kappa shape index (κ2) is 7.59. The topological polar surface area (TPSA) is 58.4 Å². The van der Waals surface area contributed by atoms with Gasteiger partial charge in [0, 0.05) is 37.0 Å². The Labute approximate surface area is 169 Å². The predicted octanol–water partition coefficient (Wildman–Crippen LogP) is 2.42. The lowest BCUT2D eigenvalue weighted by atomic mass is 9.97. The Balaban J connectivity index is 1.26. The smallest absolute Gasteiger partial charge is 0.262 e. The second-order valence-corrected chi connectivity index (χ2v) is 9.49. The van der Waals surface area contributed by atoms with Crippen LogP contribution in [0.5, 0.6) is 0 Å². The van der Waals surface area contributed by atoms with Crippen molar-refractivity contribution in [3.8, 4) is 0 Å². The van der Waals surface area contributed by atoms with Gasteiger partial charge >= 0.3 is 0 Å². The molecule has 0 bridgehead atoms. The molecule has 150 valence electrons. The minimum absolute atomic E-state index is 0.0357. The summed E-state index contributed by atoms with van der Waals surface area (Å²) in [6, 6.07) is 0.532. The molecule has 1 amide bonds. The Hall–Kier alpha value is -1.73. The molecule has 4 heterocycles. The minimum atomic E-state index is 0.0357. The van der Waals surface area contributed by atoms with E-state index < -0.39 is 0 Å². The van der Waals surface area contributed by atoms with Gasteiger partial charge in [-0.3, -0.25) is 19.1 Å². The first-order valence-corrected chi connectivity index (χ1v) is 11.5. The lowest BCUT2D eigenvalue weighted by Crippen LogP contribution is -2.37. The molecule has 28 heavy (non-hydrogen) atoms. The number of thiophene rings is 1. The lowest BCUT2D eigenvalue weighted by molar-refractivity contribution is -0.130. The molecule has 2 fully saturated rings. The van der Waals surface area contributed by atoms with Gasteiger partial charge in [0.05, 0.1) is 11.7 Å². The molecule has 0 saturated carbocycles. The first kappa shape index (κ1) is 18.3. The van der Waals surface area contributed by atoms with E-state index in [2.05, 4.69) is 9.88 Å². The number of carbonyl (C=O) groups excluding carboxylic acids is 1. The first-order chi connectivity index (χ1) is 13.7. The summed E-state index contributed by atoms with van der Waals surface area (Å²) in [5, 5.41) is 0.810. The zero-order valence-electron chi connectivity index (χ0n) is 16.4. The highest BCUT2D eigenvalue weighted by atomic mass is 32.1. The Kier molecular flexibility index (Phi) is 4.97. The number of rotatable bonds is 4. The average molecular weight is 401 g/mol. The van der Waals surface area contributed by atoms with Gasteiger partial charge in [0.1, 0.15) is 4.83 Å². The minimum Gasteiger partial charge on any atom is -0.341 e. The van der Waals surface area contributed by atoms with Gasteiger partial charge in [-0.25, -0.2) is 4.98 Å². The van der Waals surface area contributed by atoms with Crippen molar-refractivity contribution in [1.82, 2.24) is 19.4 Å². The van der Waals surface area contributed by atoms with Crippen LogP contribution in [0.2, 0.25) is 0 Å². The summed E-state index contributed by atoms with van der Waals surface area (Å²) in [7, 11) is 0. The zero-order valence-corrected chi connectivity index (χ0v) is 17.2. The van der Waals surface area contributed by atoms with Crippen LogP contribution in [0.4, 0.5) is 0 Å². The zero-order chi connectivity index (χ0) is 19.1. The van der Waals surface area contributed by atoms with E-state index >= 15 is 0 Å². The fourth-order valence-corrected chi connectivity index (χ4v) is 6.31. The van der Waals surface area contributed by atoms with Gasteiger partial charge in [-0.1, -0.05) is 0 Å². The molecule has 0 radical (unpaired) electrons. The van der Waals surface area contributed by atoms with Gasteiger partial charge in [0.2, 0.25) is 5.91 Å². The number of fused-ring (bicyclic) bond motifs is 3. The predicted molar refractivity (Wildman–Crippen MR) is 111 cm³/mol. The van der Waals surface area contributed by atoms with Crippen LogP contribution in [-0.4, -0.2) is 57.5 Å². The Morgan fingerprint density at radius 1 is 1.14 bits per heavy atom. The number of aryl methyl sites for hydroxylation is 3. The summed E-state index contributed by atoms with van der Waals surface area (Å²) >= 11 is 1.68. The van der Waals surface area contributed by atoms with Gasteiger partial charge in [-0.05, 0) is 63.6 Å². The van der Waals surface area contributed by atoms with Crippen molar-refractivity contribution in [2.45, 2.75) is 64.0 Å². The van der Waals surface area contributed by atoms with E-state index in [1.165, 1.54) is 42.8 Å². The average Bonchev–Trinajstić information content (AvgIpc) is 3.45. The van der Waals surface area contributed by atoms with E-state index in [-0.39, 0.29) is 11.5 Å². The molecular formula is C21H28N4O2S. The van der Waals surface area contributed by atoms with Crippen LogP contribution in [0.1, 0.15) is 49.0 Å². The van der Waals surface area contributed by atoms with Crippen molar-refractivity contribution in [3.05, 3.63) is 27.1 Å². The van der Waals surface area contributed by atoms with Crippen LogP contribution in [0.15, 0.2) is 11.1 Å². The molecule has 7 heteroatoms. The number of aromatic nitrogens is 2. The number of nitrogens with zero attached hydrogens (tertiary/aromatic N) is 4. The molecule has 1 unspecified atom stereocenters. The molecule has 1 atom stereocenters. The van der Waals surface area contributed by atoms with Crippen molar-refractivity contribution in [1.29, 1.82) is 0 Å². The van der Waals surface area contributed by atoms with Crippen molar-refractivity contribution < 1.29 is 4.79 Å². The summed E-state index contributed by atoms with van der Waals surface area (Å²) in [6.45, 7) is 4.49. The maximum atomic E-state index is 13.0. The number of carbonyl (C=O) groups is 1. The van der Waals surface area contributed by atoms with Crippen LogP contribution in [0.25, 0.3) is 10.2 Å². The monoisotopic (exact) mass is 400 g/mol. The molecule has 6 nitrogen and oxygen atoms in total. The normalized spacial score (nSPS) is 22.9. The number of hydrogen-bond acceptors (Lipinski definition) is 5. The summed E-state index contributed by atoms with van der Waals surface area (Å²) in [5.74, 6) is 0.168. The highest BCUT2D eigenvalue weighted by Gasteiger charge is 2.31. The molecule has 0 spiro atoms. The fourth-order valence-electron chi connectivity index (χ4n) is 5.09. The number of amides is 1. The van der Waals surface area contributed by atoms with E-state index in [4.69, 9.17) is 0 Å². The fraction of sp³-hybridized carbons (Fsp3) is 0.667. The molecule has 2 aliphatic heterocycles. The van der Waals surface area contributed by atoms with Crippen molar-refractivity contribution in [2.75, 3.05) is 26.2 Å². The summed E-state index contributed by atoms with van der Waals surface area (Å²) in [5.41, 5.74) is 1.26. The highest BCUT2D eigenvalue weighted by Crippen LogP contribution is 2.33. The maximum absolute atomic E-state index is 13.0. The molecule has 2 aromatic rings. The third kappa shape index (κ3) is 3.28. The summed E-state index contributed by atoms with van der Waals surface area (Å²) in [4.78, 5) is 37.0. The summed E-state index contributed by atoms with van der Waals surface area (Å²) < 4.78 is 1.65. The quantitative estimate of drug-likeness (QED) is 0.791. The summed E-state index contributed by atoms with van der Waals surface area (Å²) in [6.07, 6.45) is 10.1. The van der Waals surface area contributed by atoms with Crippen LogP contribution < -0.4 is 5.56 Å². The molecule has 2 saturated heterocycles. The molecule has 0 aromatic carbocycles. The lowest BCUT2D eigenvalue weighted by Gasteiger charge is -2.23. The molecule has 0 N–H and O–H groups in total. The molecule has 1 aliphatic carbocycles. The van der Waals surface area contributed by atoms with Gasteiger partial charge in [-0.2, -0.15) is 0 Å². The largest absolute Gasteiger partial charge is 0.341 e. The van der Waals surface area contributed by atoms with Gasteiger partial charge in [0.25, 0.3) is 5.56 Å². The third-order valence-electron chi connectivity index (χ3n) is 6.68. The van der Waals surface area contributed by atoms with E-state index in [1.54, 1.807) is 22.2 Å². The van der Waals surface area contributed by atoms with E-state index in [0.717, 1.165) is 49.0 Å². The maximum Gasteiger partial charge on any atom is 0.262 e. The second-order valence-electron chi connectivity index (χ2n) is 8.41. The molecule has 2 aromatic heterocycles. The number of hydrogen-bond donors (Lipinski definition) is 0. The Morgan fingerprint density at radius 2 is 1.96 bits per heavy atom. The first-order valence-electron chi connectivity index (χ1n) is 10.7. The van der Waals surface area contributed by atoms with Crippen LogP contribution in [-0.2, 0) is 24.2 Å². The van der Waals surface area contributed by atoms with Gasteiger partial charge in [0.15, 0.2) is 0 Å². The van der Waals surface area contributed by atoms with E-state index in [0.29, 0.717) is 19.0 Å². The van der Waals surface area contributed by atoms with E-state index in [9.17, 15) is 9.59 Å². The Bertz CT molecular complexity index is 944. The van der Waals surface area contributed by atoms with Crippen LogP contribution in [0, 0.1) is 0 Å². The van der Waals surface area contributed by atoms with Gasteiger partial charge < -0.3 is 4.90 Å². The molecular weight excluding hydrogens is 372 g/mol. The Morgan fingerprint density at radius 3 is 2.82 bits per heavy atom.